The van der Waals surface area contributed by atoms with Crippen molar-refractivity contribution in [2.45, 2.75) is 50.9 Å². The number of para-hydroxylation sites is 1. The summed E-state index contributed by atoms with van der Waals surface area (Å²) in [5.41, 5.74) is 1.20. The lowest BCUT2D eigenvalue weighted by Gasteiger charge is -2.39. The van der Waals surface area contributed by atoms with Gasteiger partial charge in [-0.2, -0.15) is 15.0 Å². The van der Waals surface area contributed by atoms with Gasteiger partial charge in [-0.15, -0.1) is 0 Å². The Morgan fingerprint density at radius 1 is 1.19 bits per heavy atom. The standard InChI is InChI=1S/C26H27N5O5/c1-25(2)18-8-10-27-22(21(18)24(34)36-25)35-20-13-26(20)9-7-16(14-32)30(15-26)23(33)17-5-3-4-6-19(17)31-28-11-12-29-31/h3-6,8,10-12,16,20,32H,7,9,13-15H2,1-2H3/t16-,20?,26?/m0/s1. The smallest absolute Gasteiger partial charge is 0.344 e. The minimum Gasteiger partial charge on any atom is -0.473 e. The number of aromatic nitrogens is 4. The molecule has 1 aliphatic carbocycles. The van der Waals surface area contributed by atoms with Gasteiger partial charge in [0, 0.05) is 23.7 Å². The second-order valence-electron chi connectivity index (χ2n) is 10.3. The molecular formula is C26H27N5O5. The fourth-order valence-corrected chi connectivity index (χ4v) is 5.52. The molecule has 3 aliphatic rings. The Labute approximate surface area is 207 Å². The van der Waals surface area contributed by atoms with E-state index >= 15 is 0 Å². The topological polar surface area (TPSA) is 120 Å². The number of carbonyl (C=O) groups excluding carboxylic acids is 2. The van der Waals surface area contributed by atoms with E-state index in [0.717, 1.165) is 18.4 Å². The first-order valence-electron chi connectivity index (χ1n) is 12.1. The number of esters is 1. The number of fused-ring (bicyclic) bond motifs is 1. The number of nitrogens with zero attached hydrogens (tertiary/aromatic N) is 5. The number of piperidine rings is 1. The number of aliphatic hydroxyl groups excluding tert-OH is 1. The van der Waals surface area contributed by atoms with Crippen LogP contribution in [-0.2, 0) is 10.3 Å². The van der Waals surface area contributed by atoms with Crippen LogP contribution in [0.5, 0.6) is 5.88 Å². The number of carbonyl (C=O) groups is 2. The van der Waals surface area contributed by atoms with E-state index < -0.39 is 11.6 Å². The van der Waals surface area contributed by atoms with E-state index in [2.05, 4.69) is 15.2 Å². The summed E-state index contributed by atoms with van der Waals surface area (Å²) in [5, 5.41) is 18.4. The summed E-state index contributed by atoms with van der Waals surface area (Å²) in [7, 11) is 0. The Kier molecular flexibility index (Phi) is 5.11. The van der Waals surface area contributed by atoms with Gasteiger partial charge in [-0.1, -0.05) is 12.1 Å². The molecular weight excluding hydrogens is 462 g/mol. The molecule has 6 rings (SSSR count). The van der Waals surface area contributed by atoms with Gasteiger partial charge in [0.05, 0.1) is 36.3 Å². The molecule has 2 unspecified atom stereocenters. The van der Waals surface area contributed by atoms with E-state index in [1.807, 2.05) is 19.9 Å². The van der Waals surface area contributed by atoms with Crippen molar-refractivity contribution in [1.82, 2.24) is 24.9 Å². The highest BCUT2D eigenvalue weighted by Gasteiger charge is 2.60. The van der Waals surface area contributed by atoms with Crippen LogP contribution in [0.2, 0.25) is 0 Å². The van der Waals surface area contributed by atoms with Crippen LogP contribution in [0.3, 0.4) is 0 Å². The molecule has 0 bridgehead atoms. The van der Waals surface area contributed by atoms with Crippen molar-refractivity contribution < 1.29 is 24.2 Å². The molecule has 36 heavy (non-hydrogen) atoms. The number of ether oxygens (including phenoxy) is 2. The van der Waals surface area contributed by atoms with Crippen molar-refractivity contribution in [1.29, 1.82) is 0 Å². The van der Waals surface area contributed by atoms with Crippen molar-refractivity contribution in [3.63, 3.8) is 0 Å². The number of likely N-dealkylation sites (tertiary alicyclic amines) is 1. The summed E-state index contributed by atoms with van der Waals surface area (Å²) in [4.78, 5) is 33.8. The zero-order chi connectivity index (χ0) is 25.1. The van der Waals surface area contributed by atoms with Crippen LogP contribution in [-0.4, -0.2) is 67.2 Å². The van der Waals surface area contributed by atoms with Crippen LogP contribution >= 0.6 is 0 Å². The summed E-state index contributed by atoms with van der Waals surface area (Å²) < 4.78 is 11.8. The molecule has 2 fully saturated rings. The summed E-state index contributed by atoms with van der Waals surface area (Å²) in [6, 6.07) is 8.68. The van der Waals surface area contributed by atoms with Gasteiger partial charge in [-0.05, 0) is 51.3 Å². The molecule has 1 aromatic carbocycles. The lowest BCUT2D eigenvalue weighted by atomic mass is 9.89. The van der Waals surface area contributed by atoms with Gasteiger partial charge in [0.2, 0.25) is 5.88 Å². The summed E-state index contributed by atoms with van der Waals surface area (Å²) in [5.74, 6) is -0.338. The van der Waals surface area contributed by atoms with Crippen LogP contribution < -0.4 is 4.74 Å². The molecule has 2 aromatic heterocycles. The Morgan fingerprint density at radius 3 is 2.75 bits per heavy atom. The Balaban J connectivity index is 1.25. The van der Waals surface area contributed by atoms with E-state index in [1.54, 1.807) is 47.8 Å². The van der Waals surface area contributed by atoms with E-state index in [-0.39, 0.29) is 36.0 Å². The van der Waals surface area contributed by atoms with Gasteiger partial charge < -0.3 is 19.5 Å². The molecule has 1 N–H and O–H groups in total. The summed E-state index contributed by atoms with van der Waals surface area (Å²) >= 11 is 0. The van der Waals surface area contributed by atoms with Crippen molar-refractivity contribution >= 4 is 11.9 Å². The fraction of sp³-hybridized carbons (Fsp3) is 0.423. The minimum absolute atomic E-state index is 0.121. The van der Waals surface area contributed by atoms with Gasteiger partial charge >= 0.3 is 5.97 Å². The maximum Gasteiger partial charge on any atom is 0.344 e. The number of benzene rings is 1. The van der Waals surface area contributed by atoms with Gasteiger partial charge in [-0.25, -0.2) is 9.78 Å². The average Bonchev–Trinajstić information content (AvgIpc) is 3.20. The third kappa shape index (κ3) is 3.55. The average molecular weight is 490 g/mol. The monoisotopic (exact) mass is 489 g/mol. The zero-order valence-corrected chi connectivity index (χ0v) is 20.1. The van der Waals surface area contributed by atoms with Gasteiger partial charge in [0.25, 0.3) is 5.91 Å². The van der Waals surface area contributed by atoms with Crippen LogP contribution in [0.1, 0.15) is 59.4 Å². The van der Waals surface area contributed by atoms with E-state index in [4.69, 9.17) is 9.47 Å². The normalized spacial score (nSPS) is 26.0. The third-order valence-electron chi connectivity index (χ3n) is 7.63. The minimum atomic E-state index is -0.728. The first-order chi connectivity index (χ1) is 17.3. The summed E-state index contributed by atoms with van der Waals surface area (Å²) in [6.45, 7) is 4.00. The molecule has 10 heteroatoms. The van der Waals surface area contributed by atoms with Crippen LogP contribution in [0, 0.1) is 5.41 Å². The van der Waals surface area contributed by atoms with E-state index in [9.17, 15) is 14.7 Å². The lowest BCUT2D eigenvalue weighted by Crippen LogP contribution is -2.50. The highest BCUT2D eigenvalue weighted by atomic mass is 16.6. The zero-order valence-electron chi connectivity index (χ0n) is 20.1. The van der Waals surface area contributed by atoms with Crippen LogP contribution in [0.25, 0.3) is 5.69 Å². The molecule has 1 amide bonds. The molecule has 3 aromatic rings. The van der Waals surface area contributed by atoms with Gasteiger partial charge in [-0.3, -0.25) is 4.79 Å². The molecule has 10 nitrogen and oxygen atoms in total. The largest absolute Gasteiger partial charge is 0.473 e. The predicted octanol–water partition coefficient (Wildman–Crippen LogP) is 2.50. The summed E-state index contributed by atoms with van der Waals surface area (Å²) in [6.07, 6.45) is 6.76. The first-order valence-corrected chi connectivity index (χ1v) is 12.1. The van der Waals surface area contributed by atoms with Crippen LogP contribution in [0.4, 0.5) is 0 Å². The Bertz CT molecular complexity index is 1340. The van der Waals surface area contributed by atoms with E-state index in [0.29, 0.717) is 29.8 Å². The van der Waals surface area contributed by atoms with Crippen LogP contribution in [0.15, 0.2) is 48.9 Å². The molecule has 0 radical (unpaired) electrons. The van der Waals surface area contributed by atoms with Crippen molar-refractivity contribution in [2.75, 3.05) is 13.2 Å². The molecule has 1 saturated carbocycles. The molecule has 2 aliphatic heterocycles. The molecule has 1 saturated heterocycles. The third-order valence-corrected chi connectivity index (χ3v) is 7.63. The highest BCUT2D eigenvalue weighted by molar-refractivity contribution is 5.98. The number of cyclic esters (lactones) is 1. The molecule has 186 valence electrons. The van der Waals surface area contributed by atoms with Crippen molar-refractivity contribution in [3.8, 4) is 11.6 Å². The molecule has 1 spiro atoms. The van der Waals surface area contributed by atoms with Crippen molar-refractivity contribution in [2.24, 2.45) is 5.41 Å². The Hall–Kier alpha value is -3.79. The predicted molar refractivity (Wildman–Crippen MR) is 127 cm³/mol. The number of aliphatic hydroxyl groups is 1. The SMILES string of the molecule is CC1(C)OC(=O)c2c1ccnc2OC1CC12CC[C@@H](CO)N(C(=O)c1ccccc1-n1nccn1)C2. The Morgan fingerprint density at radius 2 is 1.97 bits per heavy atom. The number of hydrogen-bond donors (Lipinski definition) is 1. The van der Waals surface area contributed by atoms with Crippen molar-refractivity contribution in [3.05, 3.63) is 65.6 Å². The van der Waals surface area contributed by atoms with E-state index in [1.165, 1.54) is 4.80 Å². The molecule has 3 atom stereocenters. The number of rotatable bonds is 5. The molecule has 4 heterocycles. The first kappa shape index (κ1) is 22.7. The quantitative estimate of drug-likeness (QED) is 0.543. The number of pyridine rings is 1. The van der Waals surface area contributed by atoms with Gasteiger partial charge in [0.1, 0.15) is 17.3 Å². The number of hydrogen-bond acceptors (Lipinski definition) is 8. The lowest BCUT2D eigenvalue weighted by molar-refractivity contribution is 0.00937. The second kappa shape index (κ2) is 8.12. The number of amides is 1. The second-order valence-corrected chi connectivity index (χ2v) is 10.3. The van der Waals surface area contributed by atoms with Gasteiger partial charge in [0.15, 0.2) is 0 Å². The fourth-order valence-electron chi connectivity index (χ4n) is 5.52. The highest BCUT2D eigenvalue weighted by Crippen LogP contribution is 2.56. The maximum absolute atomic E-state index is 13.8. The maximum atomic E-state index is 13.8.